The summed E-state index contributed by atoms with van der Waals surface area (Å²) in [4.78, 5) is 4.30. The molecule has 0 bridgehead atoms. The van der Waals surface area contributed by atoms with Gasteiger partial charge in [-0.25, -0.2) is 0 Å². The van der Waals surface area contributed by atoms with Crippen LogP contribution in [-0.4, -0.2) is 24.0 Å². The van der Waals surface area contributed by atoms with Crippen molar-refractivity contribution in [2.45, 2.75) is 94.9 Å². The van der Waals surface area contributed by atoms with Gasteiger partial charge in [0, 0.05) is 29.3 Å². The first-order chi connectivity index (χ1) is 18.6. The molecule has 214 valence electrons. The number of methoxy groups -OCH3 is 1. The maximum Gasteiger partial charge on any atom is 0.123 e. The number of nitriles is 1. The Kier molecular flexibility index (Phi) is 21.7. The lowest BCUT2D eigenvalue weighted by atomic mass is 10.0. The van der Waals surface area contributed by atoms with Crippen LogP contribution in [0.1, 0.15) is 110 Å². The van der Waals surface area contributed by atoms with Crippen LogP contribution in [0.5, 0.6) is 5.75 Å². The van der Waals surface area contributed by atoms with Crippen LogP contribution in [0.4, 0.5) is 0 Å². The van der Waals surface area contributed by atoms with E-state index in [-0.39, 0.29) is 0 Å². The number of nitrogens with one attached hydrogen (secondary N) is 2. The highest BCUT2D eigenvalue weighted by molar-refractivity contribution is 6.09. The third kappa shape index (κ3) is 14.9. The number of hydrogen-bond acceptors (Lipinski definition) is 5. The number of aryl methyl sites for hydroxylation is 2. The fraction of sp³-hybridized carbons (Fsp3) is 0.471. The van der Waals surface area contributed by atoms with Crippen LogP contribution in [0.25, 0.3) is 5.57 Å². The normalized spacial score (nSPS) is 10.3. The number of pyridine rings is 1. The number of allylic oxidation sites excluding steroid dienone is 4. The second-order valence-corrected chi connectivity index (χ2v) is 9.18. The first-order valence-electron chi connectivity index (χ1n) is 14.0. The molecule has 0 saturated heterocycles. The second-order valence-electron chi connectivity index (χ2n) is 9.18. The van der Waals surface area contributed by atoms with Gasteiger partial charge in [0.25, 0.3) is 0 Å². The zero-order chi connectivity index (χ0) is 30.4. The highest BCUT2D eigenvalue weighted by Gasteiger charge is 2.07. The molecule has 1 aromatic heterocycles. The van der Waals surface area contributed by atoms with E-state index >= 15 is 0 Å². The molecule has 2 aromatic rings. The van der Waals surface area contributed by atoms with Crippen LogP contribution in [0, 0.1) is 35.0 Å². The average Bonchev–Trinajstić information content (AvgIpc) is 2.94. The molecule has 1 unspecified atom stereocenters. The molecule has 1 atom stereocenters. The first-order valence-corrected chi connectivity index (χ1v) is 14.0. The van der Waals surface area contributed by atoms with Crippen LogP contribution in [0.3, 0.4) is 0 Å². The van der Waals surface area contributed by atoms with Gasteiger partial charge in [0.15, 0.2) is 0 Å². The summed E-state index contributed by atoms with van der Waals surface area (Å²) in [6, 6.07) is 9.59. The van der Waals surface area contributed by atoms with E-state index in [1.54, 1.807) is 26.3 Å². The fourth-order valence-corrected chi connectivity index (χ4v) is 3.36. The lowest BCUT2D eigenvalue weighted by Gasteiger charge is -2.08. The molecule has 0 aliphatic rings. The summed E-state index contributed by atoms with van der Waals surface area (Å²) < 4.78 is 5.19. The molecule has 0 aliphatic carbocycles. The maximum atomic E-state index is 8.67. The van der Waals surface area contributed by atoms with E-state index in [1.165, 1.54) is 24.6 Å². The van der Waals surface area contributed by atoms with Gasteiger partial charge in [-0.3, -0.25) is 4.98 Å². The summed E-state index contributed by atoms with van der Waals surface area (Å²) in [5.74, 6) is 1.59. The molecule has 2 rings (SSSR count). The SMILES string of the molecule is CC.CC(=N)c1cnc(C(C=N)=C(C)C)cc1C.CC/C=C\C(C)CC.CCCc1ccc(C#N)cc1OC. The van der Waals surface area contributed by atoms with E-state index in [0.29, 0.717) is 11.3 Å². The van der Waals surface area contributed by atoms with Crippen molar-refractivity contribution in [1.82, 2.24) is 4.98 Å². The van der Waals surface area contributed by atoms with E-state index in [9.17, 15) is 0 Å². The van der Waals surface area contributed by atoms with Gasteiger partial charge in [0.2, 0.25) is 0 Å². The number of nitrogens with zero attached hydrogens (tertiary/aromatic N) is 2. The molecule has 0 spiro atoms. The monoisotopic (exact) mass is 532 g/mol. The highest BCUT2D eigenvalue weighted by atomic mass is 16.5. The Morgan fingerprint density at radius 3 is 2.18 bits per heavy atom. The first kappa shape index (κ1) is 37.6. The number of aromatic nitrogens is 1. The molecule has 5 heteroatoms. The summed E-state index contributed by atoms with van der Waals surface area (Å²) in [6.07, 6.45) is 12.1. The average molecular weight is 533 g/mol. The van der Waals surface area contributed by atoms with Crippen molar-refractivity contribution in [3.8, 4) is 11.8 Å². The Morgan fingerprint density at radius 2 is 1.77 bits per heavy atom. The standard InChI is InChI=1S/C13H17N3.C11H13NO.C8H16.C2H6/c1-8(2)11(6-14)13-5-9(3)12(7-16-13)10(4)15;1-3-4-10-6-5-9(8-12)7-11(10)13-2;1-4-6-7-8(3)5-2;1-2/h5-7,14-15H,1-4H3;5-7H,3-4H2,1-2H3;6-8H,4-5H2,1-3H3;1-2H3/b;;7-6-;. The summed E-state index contributed by atoms with van der Waals surface area (Å²) >= 11 is 0. The van der Waals surface area contributed by atoms with Crippen LogP contribution in [0.15, 0.2) is 48.2 Å². The molecule has 0 aliphatic heterocycles. The largest absolute Gasteiger partial charge is 0.496 e. The third-order valence-electron chi connectivity index (χ3n) is 5.75. The van der Waals surface area contributed by atoms with Gasteiger partial charge < -0.3 is 15.6 Å². The van der Waals surface area contributed by atoms with Crippen LogP contribution >= 0.6 is 0 Å². The molecule has 5 nitrogen and oxygen atoms in total. The summed E-state index contributed by atoms with van der Waals surface area (Å²) in [5.41, 5.74) is 6.95. The number of hydrogen-bond donors (Lipinski definition) is 2. The molecule has 0 saturated carbocycles. The van der Waals surface area contributed by atoms with Crippen molar-refractivity contribution in [1.29, 1.82) is 16.1 Å². The second kappa shape index (κ2) is 22.5. The van der Waals surface area contributed by atoms with Gasteiger partial charge in [0.1, 0.15) is 5.75 Å². The zero-order valence-electron chi connectivity index (χ0n) is 26.3. The van der Waals surface area contributed by atoms with Crippen LogP contribution in [0.2, 0.25) is 0 Å². The van der Waals surface area contributed by atoms with Crippen molar-refractivity contribution >= 4 is 17.5 Å². The Bertz CT molecular complexity index is 1100. The van der Waals surface area contributed by atoms with Crippen molar-refractivity contribution in [2.75, 3.05) is 7.11 Å². The molecule has 1 heterocycles. The maximum absolute atomic E-state index is 8.67. The Labute approximate surface area is 239 Å². The van der Waals surface area contributed by atoms with Crippen molar-refractivity contribution in [3.63, 3.8) is 0 Å². The van der Waals surface area contributed by atoms with Gasteiger partial charge in [0.05, 0.1) is 24.4 Å². The summed E-state index contributed by atoms with van der Waals surface area (Å²) in [5, 5.41) is 23.6. The highest BCUT2D eigenvalue weighted by Crippen LogP contribution is 2.21. The molecule has 39 heavy (non-hydrogen) atoms. The topological polar surface area (TPSA) is 93.6 Å². The van der Waals surface area contributed by atoms with Crippen molar-refractivity contribution in [3.05, 3.63) is 76.1 Å². The molecule has 2 N–H and O–H groups in total. The van der Waals surface area contributed by atoms with Gasteiger partial charge >= 0.3 is 0 Å². The van der Waals surface area contributed by atoms with Gasteiger partial charge in [-0.05, 0) is 75.8 Å². The van der Waals surface area contributed by atoms with Crippen LogP contribution in [-0.2, 0) is 6.42 Å². The van der Waals surface area contributed by atoms with Crippen molar-refractivity contribution in [2.24, 2.45) is 5.92 Å². The summed E-state index contributed by atoms with van der Waals surface area (Å²) in [6.45, 7) is 20.4. The third-order valence-corrected chi connectivity index (χ3v) is 5.75. The van der Waals surface area contributed by atoms with Crippen molar-refractivity contribution < 1.29 is 4.74 Å². The number of ether oxygens (including phenoxy) is 1. The molecular weight excluding hydrogens is 480 g/mol. The molecule has 0 amide bonds. The minimum atomic E-state index is 0.519. The lowest BCUT2D eigenvalue weighted by molar-refractivity contribution is 0.409. The van der Waals surface area contributed by atoms with E-state index in [2.05, 4.69) is 50.9 Å². The van der Waals surface area contributed by atoms with Gasteiger partial charge in [-0.15, -0.1) is 0 Å². The smallest absolute Gasteiger partial charge is 0.123 e. The minimum absolute atomic E-state index is 0.519. The van der Waals surface area contributed by atoms with E-state index in [4.69, 9.17) is 20.8 Å². The summed E-state index contributed by atoms with van der Waals surface area (Å²) in [7, 11) is 1.63. The Balaban J connectivity index is 0. The zero-order valence-corrected chi connectivity index (χ0v) is 26.3. The molecule has 0 radical (unpaired) electrons. The van der Waals surface area contributed by atoms with E-state index < -0.39 is 0 Å². The molecule has 1 aromatic carbocycles. The molecular formula is C34H52N4O. The van der Waals surface area contributed by atoms with E-state index in [1.807, 2.05) is 52.8 Å². The predicted molar refractivity (Wildman–Crippen MR) is 170 cm³/mol. The Hall–Kier alpha value is -3.52. The molecule has 0 fully saturated rings. The minimum Gasteiger partial charge on any atom is -0.496 e. The van der Waals surface area contributed by atoms with E-state index in [0.717, 1.165) is 52.5 Å². The number of benzene rings is 1. The number of rotatable bonds is 9. The quantitative estimate of drug-likeness (QED) is 0.248. The Morgan fingerprint density at radius 1 is 1.13 bits per heavy atom. The predicted octanol–water partition coefficient (Wildman–Crippen LogP) is 9.77. The van der Waals surface area contributed by atoms with Gasteiger partial charge in [-0.1, -0.05) is 78.2 Å². The van der Waals surface area contributed by atoms with Crippen LogP contribution < -0.4 is 4.74 Å². The van der Waals surface area contributed by atoms with Gasteiger partial charge in [-0.2, -0.15) is 5.26 Å². The lowest BCUT2D eigenvalue weighted by Crippen LogP contribution is -2.01. The fourth-order valence-electron chi connectivity index (χ4n) is 3.36.